The minimum Gasteiger partial charge on any atom is -0.465 e. The van der Waals surface area contributed by atoms with Crippen molar-refractivity contribution in [3.05, 3.63) is 65.0 Å². The average molecular weight is 449 g/mol. The molecular formula is C25H28N4O4. The molecule has 1 aromatic heterocycles. The maximum atomic E-state index is 12.8. The van der Waals surface area contributed by atoms with Crippen molar-refractivity contribution >= 4 is 17.6 Å². The second kappa shape index (κ2) is 9.95. The lowest BCUT2D eigenvalue weighted by atomic mass is 9.95. The van der Waals surface area contributed by atoms with Crippen LogP contribution in [0.15, 0.2) is 47.0 Å². The Kier molecular flexibility index (Phi) is 6.84. The van der Waals surface area contributed by atoms with E-state index in [0.717, 1.165) is 37.1 Å². The summed E-state index contributed by atoms with van der Waals surface area (Å²) in [5.41, 5.74) is 3.88. The zero-order valence-electron chi connectivity index (χ0n) is 19.1. The number of nitrogens with one attached hydrogen (secondary N) is 1. The second-order valence-electron chi connectivity index (χ2n) is 8.39. The third kappa shape index (κ3) is 5.28. The molecule has 172 valence electrons. The van der Waals surface area contributed by atoms with Crippen LogP contribution in [0.3, 0.4) is 0 Å². The maximum Gasteiger partial charge on any atom is 0.338 e. The molecule has 8 heteroatoms. The van der Waals surface area contributed by atoms with Crippen LogP contribution in [0.4, 0.5) is 5.69 Å². The quantitative estimate of drug-likeness (QED) is 0.570. The molecule has 1 N–H and O–H groups in total. The number of nitrogens with zero attached hydrogens (tertiary/aromatic N) is 3. The van der Waals surface area contributed by atoms with Gasteiger partial charge in [-0.1, -0.05) is 35.0 Å². The number of aryl methyl sites for hydroxylation is 1. The van der Waals surface area contributed by atoms with Crippen molar-refractivity contribution in [2.45, 2.75) is 33.2 Å². The molecule has 0 aliphatic carbocycles. The highest BCUT2D eigenvalue weighted by Gasteiger charge is 2.27. The van der Waals surface area contributed by atoms with Crippen LogP contribution < -0.4 is 5.32 Å². The SMILES string of the molecule is COC(=O)c1cccc(NC(=O)C2CCN(Cc3nc(-c4cccc(C)c4)no3)CC2)c1C. The molecule has 2 heterocycles. The normalized spacial score (nSPS) is 14.8. The summed E-state index contributed by atoms with van der Waals surface area (Å²) in [6, 6.07) is 13.2. The van der Waals surface area contributed by atoms with Gasteiger partial charge in [0.25, 0.3) is 0 Å². The van der Waals surface area contributed by atoms with Crippen molar-refractivity contribution in [1.29, 1.82) is 0 Å². The third-order valence-corrected chi connectivity index (χ3v) is 6.06. The number of esters is 1. The van der Waals surface area contributed by atoms with Crippen LogP contribution in [0.25, 0.3) is 11.4 Å². The Balaban J connectivity index is 1.31. The molecular weight excluding hydrogens is 420 g/mol. The van der Waals surface area contributed by atoms with Gasteiger partial charge in [0.15, 0.2) is 0 Å². The first kappa shape index (κ1) is 22.7. The number of carbonyl (C=O) groups excluding carboxylic acids is 2. The van der Waals surface area contributed by atoms with E-state index in [2.05, 4.69) is 20.4 Å². The Morgan fingerprint density at radius 3 is 2.64 bits per heavy atom. The lowest BCUT2D eigenvalue weighted by molar-refractivity contribution is -0.121. The fraction of sp³-hybridized carbons (Fsp3) is 0.360. The number of aromatic nitrogens is 2. The highest BCUT2D eigenvalue weighted by Crippen LogP contribution is 2.24. The molecule has 0 radical (unpaired) electrons. The van der Waals surface area contributed by atoms with Crippen LogP contribution in [0.1, 0.15) is 40.2 Å². The van der Waals surface area contributed by atoms with Gasteiger partial charge in [-0.2, -0.15) is 4.98 Å². The summed E-state index contributed by atoms with van der Waals surface area (Å²) in [5, 5.41) is 7.09. The predicted molar refractivity (Wildman–Crippen MR) is 124 cm³/mol. The Morgan fingerprint density at radius 2 is 1.91 bits per heavy atom. The molecule has 0 spiro atoms. The summed E-state index contributed by atoms with van der Waals surface area (Å²) in [5.74, 6) is 0.632. The number of anilines is 1. The second-order valence-corrected chi connectivity index (χ2v) is 8.39. The molecule has 0 unspecified atom stereocenters. The van der Waals surface area contributed by atoms with Crippen molar-refractivity contribution in [3.8, 4) is 11.4 Å². The molecule has 1 aliphatic heterocycles. The first-order chi connectivity index (χ1) is 15.9. The first-order valence-corrected chi connectivity index (χ1v) is 11.1. The summed E-state index contributed by atoms with van der Waals surface area (Å²) in [6.45, 7) is 5.93. The third-order valence-electron chi connectivity index (χ3n) is 6.06. The van der Waals surface area contributed by atoms with E-state index in [1.165, 1.54) is 7.11 Å². The van der Waals surface area contributed by atoms with E-state index in [1.807, 2.05) is 31.2 Å². The van der Waals surface area contributed by atoms with Crippen molar-refractivity contribution in [2.75, 3.05) is 25.5 Å². The molecule has 2 aromatic carbocycles. The number of benzene rings is 2. The van der Waals surface area contributed by atoms with E-state index >= 15 is 0 Å². The summed E-state index contributed by atoms with van der Waals surface area (Å²) in [6.07, 6.45) is 1.47. The first-order valence-electron chi connectivity index (χ1n) is 11.1. The number of piperidine rings is 1. The summed E-state index contributed by atoms with van der Waals surface area (Å²) < 4.78 is 10.3. The van der Waals surface area contributed by atoms with E-state index in [4.69, 9.17) is 9.26 Å². The summed E-state index contributed by atoms with van der Waals surface area (Å²) in [4.78, 5) is 31.5. The van der Waals surface area contributed by atoms with E-state index < -0.39 is 5.97 Å². The molecule has 0 bridgehead atoms. The number of hydrogen-bond acceptors (Lipinski definition) is 7. The molecule has 4 rings (SSSR count). The van der Waals surface area contributed by atoms with E-state index in [1.54, 1.807) is 25.1 Å². The molecule has 0 saturated carbocycles. The fourth-order valence-electron chi connectivity index (χ4n) is 4.10. The van der Waals surface area contributed by atoms with Gasteiger partial charge in [-0.25, -0.2) is 4.79 Å². The van der Waals surface area contributed by atoms with Gasteiger partial charge < -0.3 is 14.6 Å². The zero-order chi connectivity index (χ0) is 23.4. The van der Waals surface area contributed by atoms with Gasteiger partial charge in [-0.3, -0.25) is 9.69 Å². The van der Waals surface area contributed by atoms with Crippen LogP contribution >= 0.6 is 0 Å². The summed E-state index contributed by atoms with van der Waals surface area (Å²) in [7, 11) is 1.35. The summed E-state index contributed by atoms with van der Waals surface area (Å²) >= 11 is 0. The van der Waals surface area contributed by atoms with Crippen LogP contribution in [-0.2, 0) is 16.1 Å². The van der Waals surface area contributed by atoms with Gasteiger partial charge in [0.2, 0.25) is 17.6 Å². The van der Waals surface area contributed by atoms with Crippen LogP contribution in [0.5, 0.6) is 0 Å². The fourth-order valence-corrected chi connectivity index (χ4v) is 4.10. The van der Waals surface area contributed by atoms with Crippen molar-refractivity contribution in [1.82, 2.24) is 15.0 Å². The Morgan fingerprint density at radius 1 is 1.15 bits per heavy atom. The highest BCUT2D eigenvalue weighted by molar-refractivity contribution is 5.97. The molecule has 8 nitrogen and oxygen atoms in total. The van der Waals surface area contributed by atoms with Crippen LogP contribution in [-0.4, -0.2) is 47.1 Å². The molecule has 1 fully saturated rings. The van der Waals surface area contributed by atoms with Crippen molar-refractivity contribution < 1.29 is 18.8 Å². The number of ether oxygens (including phenoxy) is 1. The van der Waals surface area contributed by atoms with Crippen LogP contribution in [0.2, 0.25) is 0 Å². The smallest absolute Gasteiger partial charge is 0.338 e. The highest BCUT2D eigenvalue weighted by atomic mass is 16.5. The predicted octanol–water partition coefficient (Wildman–Crippen LogP) is 3.99. The molecule has 1 aliphatic rings. The largest absolute Gasteiger partial charge is 0.465 e. The molecule has 1 amide bonds. The number of rotatable bonds is 6. The van der Waals surface area contributed by atoms with E-state index in [9.17, 15) is 9.59 Å². The number of amides is 1. The minimum atomic E-state index is -0.413. The molecule has 0 atom stereocenters. The maximum absolute atomic E-state index is 12.8. The van der Waals surface area contributed by atoms with Gasteiger partial charge in [0.05, 0.1) is 19.2 Å². The molecule has 33 heavy (non-hydrogen) atoms. The Labute approximate surface area is 192 Å². The van der Waals surface area contributed by atoms with E-state index in [-0.39, 0.29) is 11.8 Å². The zero-order valence-corrected chi connectivity index (χ0v) is 19.1. The van der Waals surface area contributed by atoms with Crippen molar-refractivity contribution in [3.63, 3.8) is 0 Å². The average Bonchev–Trinajstić information content (AvgIpc) is 3.29. The topological polar surface area (TPSA) is 97.6 Å². The van der Waals surface area contributed by atoms with Gasteiger partial charge >= 0.3 is 5.97 Å². The van der Waals surface area contributed by atoms with Crippen LogP contribution in [0, 0.1) is 19.8 Å². The molecule has 1 saturated heterocycles. The van der Waals surface area contributed by atoms with Crippen molar-refractivity contribution in [2.24, 2.45) is 5.92 Å². The minimum absolute atomic E-state index is 0.0284. The lowest BCUT2D eigenvalue weighted by Gasteiger charge is -2.30. The Hall–Kier alpha value is -3.52. The standard InChI is InChI=1S/C25H28N4O4/c1-16-6-4-7-19(14-16)23-27-22(33-28-23)15-29-12-10-18(11-13-29)24(30)26-21-9-5-8-20(17(21)2)25(31)32-3/h4-9,14,18H,10-13,15H2,1-3H3,(H,26,30). The molecule has 3 aromatic rings. The van der Waals surface area contributed by atoms with E-state index in [0.29, 0.717) is 35.1 Å². The number of methoxy groups -OCH3 is 1. The number of likely N-dealkylation sites (tertiary alicyclic amines) is 1. The van der Waals surface area contributed by atoms with Gasteiger partial charge in [-0.15, -0.1) is 0 Å². The number of hydrogen-bond donors (Lipinski definition) is 1. The van der Waals surface area contributed by atoms with Gasteiger partial charge in [-0.05, 0) is 63.5 Å². The monoisotopic (exact) mass is 448 g/mol. The Bertz CT molecular complexity index is 1150. The van der Waals surface area contributed by atoms with Gasteiger partial charge in [0.1, 0.15) is 0 Å². The number of carbonyl (C=O) groups is 2. The lowest BCUT2D eigenvalue weighted by Crippen LogP contribution is -2.38. The van der Waals surface area contributed by atoms with Gasteiger partial charge in [0, 0.05) is 17.2 Å².